The monoisotopic (exact) mass is 344 g/mol. The number of likely N-dealkylation sites (tertiary alicyclic amines) is 1. The molecule has 0 spiro atoms. The molecule has 3 rings (SSSR count). The minimum absolute atomic E-state index is 0.0660. The SMILES string of the molecule is COCCN1CCC(CNC(=O)c2cc3ccccc3oc2=O)CC1. The first-order valence-corrected chi connectivity index (χ1v) is 8.70. The largest absolute Gasteiger partial charge is 0.422 e. The van der Waals surface area contributed by atoms with Crippen LogP contribution in [0.2, 0.25) is 0 Å². The molecule has 25 heavy (non-hydrogen) atoms. The number of fused-ring (bicyclic) bond motifs is 1. The number of carbonyl (C=O) groups excluding carboxylic acids is 1. The number of amides is 1. The number of hydrogen-bond acceptors (Lipinski definition) is 5. The summed E-state index contributed by atoms with van der Waals surface area (Å²) >= 11 is 0. The number of hydrogen-bond donors (Lipinski definition) is 1. The molecule has 134 valence electrons. The van der Waals surface area contributed by atoms with Crippen molar-refractivity contribution < 1.29 is 13.9 Å². The van der Waals surface area contributed by atoms with E-state index in [-0.39, 0.29) is 11.5 Å². The molecule has 6 heteroatoms. The van der Waals surface area contributed by atoms with E-state index in [9.17, 15) is 9.59 Å². The number of para-hydroxylation sites is 1. The van der Waals surface area contributed by atoms with Gasteiger partial charge in [0.05, 0.1) is 6.61 Å². The highest BCUT2D eigenvalue weighted by molar-refractivity contribution is 5.96. The minimum atomic E-state index is -0.592. The summed E-state index contributed by atoms with van der Waals surface area (Å²) in [6.45, 7) is 4.32. The first-order valence-electron chi connectivity index (χ1n) is 8.70. The number of benzene rings is 1. The Labute approximate surface area is 146 Å². The van der Waals surface area contributed by atoms with Gasteiger partial charge in [0.25, 0.3) is 5.91 Å². The first-order chi connectivity index (χ1) is 12.2. The van der Waals surface area contributed by atoms with Crippen LogP contribution in [-0.4, -0.2) is 50.7 Å². The molecule has 1 amide bonds. The molecule has 0 unspecified atom stereocenters. The molecule has 2 heterocycles. The fraction of sp³-hybridized carbons (Fsp3) is 0.474. The highest BCUT2D eigenvalue weighted by Crippen LogP contribution is 2.16. The first kappa shape index (κ1) is 17.6. The van der Waals surface area contributed by atoms with Gasteiger partial charge >= 0.3 is 5.63 Å². The minimum Gasteiger partial charge on any atom is -0.422 e. The van der Waals surface area contributed by atoms with Gasteiger partial charge in [-0.1, -0.05) is 18.2 Å². The summed E-state index contributed by atoms with van der Waals surface area (Å²) in [5.74, 6) is 0.0801. The molecule has 1 saturated heterocycles. The Hall–Kier alpha value is -2.18. The number of ether oxygens (including phenoxy) is 1. The number of nitrogens with zero attached hydrogens (tertiary/aromatic N) is 1. The van der Waals surface area contributed by atoms with E-state index in [1.165, 1.54) is 0 Å². The highest BCUT2D eigenvalue weighted by Gasteiger charge is 2.20. The molecular formula is C19H24N2O4. The molecule has 1 aliphatic rings. The second-order valence-electron chi connectivity index (χ2n) is 6.47. The maximum absolute atomic E-state index is 12.4. The lowest BCUT2D eigenvalue weighted by molar-refractivity contribution is 0.0922. The van der Waals surface area contributed by atoms with Gasteiger partial charge in [0, 0.05) is 25.6 Å². The van der Waals surface area contributed by atoms with Gasteiger partial charge in [-0.3, -0.25) is 4.79 Å². The molecule has 2 aromatic rings. The lowest BCUT2D eigenvalue weighted by Gasteiger charge is -2.31. The summed E-state index contributed by atoms with van der Waals surface area (Å²) in [5, 5.41) is 3.64. The van der Waals surface area contributed by atoms with Crippen LogP contribution >= 0.6 is 0 Å². The van der Waals surface area contributed by atoms with Crippen LogP contribution in [0.3, 0.4) is 0 Å². The fourth-order valence-electron chi connectivity index (χ4n) is 3.19. The highest BCUT2D eigenvalue weighted by atomic mass is 16.5. The quantitative estimate of drug-likeness (QED) is 0.810. The standard InChI is InChI=1S/C19H24N2O4/c1-24-11-10-21-8-6-14(7-9-21)13-20-18(22)16-12-15-4-2-3-5-17(15)25-19(16)23/h2-5,12,14H,6-11,13H2,1H3,(H,20,22). The van der Waals surface area contributed by atoms with Crippen molar-refractivity contribution in [1.82, 2.24) is 10.2 Å². The molecule has 1 aliphatic heterocycles. The number of carbonyl (C=O) groups is 1. The lowest BCUT2D eigenvalue weighted by Crippen LogP contribution is -2.40. The van der Waals surface area contributed by atoms with E-state index in [1.807, 2.05) is 12.1 Å². The van der Waals surface area contributed by atoms with Crippen LogP contribution in [0, 0.1) is 5.92 Å². The summed E-state index contributed by atoms with van der Waals surface area (Å²) in [6.07, 6.45) is 2.08. The van der Waals surface area contributed by atoms with E-state index >= 15 is 0 Å². The third-order valence-electron chi connectivity index (χ3n) is 4.76. The van der Waals surface area contributed by atoms with Crippen molar-refractivity contribution in [2.75, 3.05) is 39.9 Å². The van der Waals surface area contributed by atoms with Crippen molar-refractivity contribution >= 4 is 16.9 Å². The Bertz CT molecular complexity index is 778. The van der Waals surface area contributed by atoms with E-state index in [1.54, 1.807) is 25.3 Å². The fourth-order valence-corrected chi connectivity index (χ4v) is 3.19. The van der Waals surface area contributed by atoms with Crippen LogP contribution in [0.1, 0.15) is 23.2 Å². The zero-order valence-electron chi connectivity index (χ0n) is 14.5. The molecule has 0 radical (unpaired) electrons. The van der Waals surface area contributed by atoms with Gasteiger partial charge < -0.3 is 19.4 Å². The van der Waals surface area contributed by atoms with Crippen LogP contribution in [0.25, 0.3) is 11.0 Å². The Morgan fingerprint density at radius 3 is 2.84 bits per heavy atom. The molecule has 0 bridgehead atoms. The third-order valence-corrected chi connectivity index (χ3v) is 4.76. The average molecular weight is 344 g/mol. The predicted molar refractivity (Wildman–Crippen MR) is 95.9 cm³/mol. The number of nitrogens with one attached hydrogen (secondary N) is 1. The van der Waals surface area contributed by atoms with E-state index < -0.39 is 5.63 Å². The molecule has 1 aromatic carbocycles. The molecule has 1 aromatic heterocycles. The van der Waals surface area contributed by atoms with Gasteiger partial charge in [-0.25, -0.2) is 4.79 Å². The number of piperidine rings is 1. The molecule has 0 saturated carbocycles. The summed E-state index contributed by atoms with van der Waals surface area (Å²) < 4.78 is 10.3. The van der Waals surface area contributed by atoms with Crippen molar-refractivity contribution in [3.63, 3.8) is 0 Å². The molecule has 6 nitrogen and oxygen atoms in total. The summed E-state index contributed by atoms with van der Waals surface area (Å²) in [6, 6.07) is 8.79. The van der Waals surface area contributed by atoms with Gasteiger partial charge in [-0.2, -0.15) is 0 Å². The van der Waals surface area contributed by atoms with E-state index in [0.717, 1.165) is 44.5 Å². The van der Waals surface area contributed by atoms with Crippen LogP contribution in [0.4, 0.5) is 0 Å². The Morgan fingerprint density at radius 2 is 2.08 bits per heavy atom. The summed E-state index contributed by atoms with van der Waals surface area (Å²) in [5.41, 5.74) is -0.0331. The molecule has 1 N–H and O–H groups in total. The Morgan fingerprint density at radius 1 is 1.32 bits per heavy atom. The summed E-state index contributed by atoms with van der Waals surface area (Å²) in [4.78, 5) is 26.8. The van der Waals surface area contributed by atoms with Crippen LogP contribution in [0.5, 0.6) is 0 Å². The van der Waals surface area contributed by atoms with Crippen molar-refractivity contribution in [3.05, 3.63) is 46.3 Å². The van der Waals surface area contributed by atoms with Crippen LogP contribution in [-0.2, 0) is 4.74 Å². The normalized spacial score (nSPS) is 16.2. The number of methoxy groups -OCH3 is 1. The van der Waals surface area contributed by atoms with Crippen molar-refractivity contribution in [3.8, 4) is 0 Å². The van der Waals surface area contributed by atoms with Crippen molar-refractivity contribution in [2.45, 2.75) is 12.8 Å². The number of rotatable bonds is 6. The van der Waals surface area contributed by atoms with E-state index in [2.05, 4.69) is 10.2 Å². The molecular weight excluding hydrogens is 320 g/mol. The van der Waals surface area contributed by atoms with Crippen LogP contribution in [0.15, 0.2) is 39.5 Å². The van der Waals surface area contributed by atoms with Crippen LogP contribution < -0.4 is 10.9 Å². The Balaban J connectivity index is 1.55. The van der Waals surface area contributed by atoms with Gasteiger partial charge in [-0.05, 0) is 44.0 Å². The van der Waals surface area contributed by atoms with Crippen molar-refractivity contribution in [1.29, 1.82) is 0 Å². The smallest absolute Gasteiger partial charge is 0.349 e. The van der Waals surface area contributed by atoms with E-state index in [0.29, 0.717) is 18.0 Å². The zero-order valence-corrected chi connectivity index (χ0v) is 14.5. The third kappa shape index (κ3) is 4.46. The molecule has 0 aliphatic carbocycles. The second-order valence-corrected chi connectivity index (χ2v) is 6.47. The van der Waals surface area contributed by atoms with E-state index in [4.69, 9.17) is 9.15 Å². The second kappa shape index (κ2) is 8.27. The topological polar surface area (TPSA) is 71.8 Å². The lowest BCUT2D eigenvalue weighted by atomic mass is 9.96. The maximum atomic E-state index is 12.4. The maximum Gasteiger partial charge on any atom is 0.349 e. The average Bonchev–Trinajstić information content (AvgIpc) is 2.64. The van der Waals surface area contributed by atoms with Crippen molar-refractivity contribution in [2.24, 2.45) is 5.92 Å². The Kier molecular flexibility index (Phi) is 5.83. The van der Waals surface area contributed by atoms with Gasteiger partial charge in [0.2, 0.25) is 0 Å². The predicted octanol–water partition coefficient (Wildman–Crippen LogP) is 1.88. The van der Waals surface area contributed by atoms with Gasteiger partial charge in [0.15, 0.2) is 0 Å². The molecule has 1 fully saturated rings. The molecule has 0 atom stereocenters. The van der Waals surface area contributed by atoms with Gasteiger partial charge in [-0.15, -0.1) is 0 Å². The zero-order chi connectivity index (χ0) is 17.6. The summed E-state index contributed by atoms with van der Waals surface area (Å²) in [7, 11) is 1.71. The van der Waals surface area contributed by atoms with Gasteiger partial charge in [0.1, 0.15) is 11.1 Å².